The maximum atomic E-state index is 5.56. The summed E-state index contributed by atoms with van der Waals surface area (Å²) in [6, 6.07) is 0.575. The highest BCUT2D eigenvalue weighted by molar-refractivity contribution is 9.09. The van der Waals surface area contributed by atoms with E-state index in [-0.39, 0.29) is 0 Å². The molecule has 0 saturated carbocycles. The molecule has 0 aliphatic carbocycles. The number of rotatable bonds is 13. The SMILES string of the molecule is COCCOCCOCCN(CCCBr)C(C)C. The molecule has 5 heteroatoms. The molecule has 0 heterocycles. The van der Waals surface area contributed by atoms with E-state index >= 15 is 0 Å². The minimum Gasteiger partial charge on any atom is -0.382 e. The maximum Gasteiger partial charge on any atom is 0.0701 e. The zero-order valence-electron chi connectivity index (χ0n) is 12.0. The minimum absolute atomic E-state index is 0.575. The van der Waals surface area contributed by atoms with Gasteiger partial charge >= 0.3 is 0 Å². The Balaban J connectivity index is 3.37. The quantitative estimate of drug-likeness (QED) is 0.383. The molecule has 0 aliphatic heterocycles. The molecule has 4 nitrogen and oxygen atoms in total. The van der Waals surface area contributed by atoms with E-state index in [1.54, 1.807) is 7.11 Å². The zero-order chi connectivity index (χ0) is 13.6. The van der Waals surface area contributed by atoms with Crippen LogP contribution in [0.2, 0.25) is 0 Å². The molecule has 0 spiro atoms. The number of hydrogen-bond donors (Lipinski definition) is 0. The third-order valence-corrected chi connectivity index (χ3v) is 3.20. The Bertz CT molecular complexity index is 170. The highest BCUT2D eigenvalue weighted by atomic mass is 79.9. The summed E-state index contributed by atoms with van der Waals surface area (Å²) >= 11 is 3.47. The maximum absolute atomic E-state index is 5.56. The summed E-state index contributed by atoms with van der Waals surface area (Å²) in [5, 5.41) is 1.06. The van der Waals surface area contributed by atoms with E-state index in [9.17, 15) is 0 Å². The first-order valence-corrected chi connectivity index (χ1v) is 7.79. The van der Waals surface area contributed by atoms with Crippen molar-refractivity contribution in [1.29, 1.82) is 0 Å². The monoisotopic (exact) mass is 325 g/mol. The van der Waals surface area contributed by atoms with Crippen LogP contribution in [-0.2, 0) is 14.2 Å². The lowest BCUT2D eigenvalue weighted by Crippen LogP contribution is -2.35. The summed E-state index contributed by atoms with van der Waals surface area (Å²) in [4.78, 5) is 2.44. The van der Waals surface area contributed by atoms with Gasteiger partial charge in [-0.3, -0.25) is 4.90 Å². The molecule has 0 rings (SSSR count). The predicted molar refractivity (Wildman–Crippen MR) is 78.6 cm³/mol. The third-order valence-electron chi connectivity index (χ3n) is 2.64. The van der Waals surface area contributed by atoms with Gasteiger partial charge in [0.2, 0.25) is 0 Å². The molecule has 0 aromatic rings. The molecule has 0 aliphatic rings. The van der Waals surface area contributed by atoms with Crippen LogP contribution < -0.4 is 0 Å². The summed E-state index contributed by atoms with van der Waals surface area (Å²) in [5.41, 5.74) is 0. The first-order chi connectivity index (χ1) is 8.72. The van der Waals surface area contributed by atoms with Crippen molar-refractivity contribution in [1.82, 2.24) is 4.90 Å². The van der Waals surface area contributed by atoms with Gasteiger partial charge in [-0.2, -0.15) is 0 Å². The lowest BCUT2D eigenvalue weighted by Gasteiger charge is -2.25. The van der Waals surface area contributed by atoms with E-state index in [0.29, 0.717) is 32.5 Å². The van der Waals surface area contributed by atoms with Crippen LogP contribution in [-0.4, -0.2) is 69.5 Å². The number of halogens is 1. The average Bonchev–Trinajstić information content (AvgIpc) is 2.35. The van der Waals surface area contributed by atoms with Crippen LogP contribution in [0.5, 0.6) is 0 Å². The van der Waals surface area contributed by atoms with Gasteiger partial charge in [-0.25, -0.2) is 0 Å². The van der Waals surface area contributed by atoms with Crippen molar-refractivity contribution in [3.63, 3.8) is 0 Å². The fourth-order valence-electron chi connectivity index (χ4n) is 1.54. The molecule has 0 N–H and O–H groups in total. The summed E-state index contributed by atoms with van der Waals surface area (Å²) in [5.74, 6) is 0. The molecule has 0 atom stereocenters. The molecule has 0 radical (unpaired) electrons. The molecule has 0 unspecified atom stereocenters. The van der Waals surface area contributed by atoms with E-state index in [1.807, 2.05) is 0 Å². The van der Waals surface area contributed by atoms with Crippen LogP contribution in [0.25, 0.3) is 0 Å². The van der Waals surface area contributed by atoms with Gasteiger partial charge < -0.3 is 14.2 Å². The van der Waals surface area contributed by atoms with Crippen LogP contribution in [0.15, 0.2) is 0 Å². The van der Waals surface area contributed by atoms with Crippen LogP contribution in [0.1, 0.15) is 20.3 Å². The Hall–Kier alpha value is 0.320. The summed E-state index contributed by atoms with van der Waals surface area (Å²) in [6.07, 6.45) is 1.18. The molecule has 0 aromatic carbocycles. The standard InChI is InChI=1S/C13H28BrNO3/c1-13(2)15(6-4-5-14)7-8-17-11-12-18-10-9-16-3/h13H,4-12H2,1-3H3. The summed E-state index contributed by atoms with van der Waals surface area (Å²) in [7, 11) is 1.67. The van der Waals surface area contributed by atoms with Gasteiger partial charge in [-0.15, -0.1) is 0 Å². The first-order valence-electron chi connectivity index (χ1n) is 6.66. The fraction of sp³-hybridized carbons (Fsp3) is 1.00. The third kappa shape index (κ3) is 11.4. The normalized spacial score (nSPS) is 11.7. The van der Waals surface area contributed by atoms with Gasteiger partial charge in [0.05, 0.1) is 33.0 Å². The van der Waals surface area contributed by atoms with Gasteiger partial charge in [0.1, 0.15) is 0 Å². The highest BCUT2D eigenvalue weighted by Crippen LogP contribution is 2.01. The summed E-state index contributed by atoms with van der Waals surface area (Å²) in [6.45, 7) is 9.93. The first kappa shape index (κ1) is 18.3. The summed E-state index contributed by atoms with van der Waals surface area (Å²) < 4.78 is 15.8. The Morgan fingerprint density at radius 2 is 1.56 bits per heavy atom. The van der Waals surface area contributed by atoms with E-state index in [2.05, 4.69) is 34.7 Å². The molecule has 0 amide bonds. The molecule has 110 valence electrons. The molecule has 0 fully saturated rings. The van der Waals surface area contributed by atoms with Crippen molar-refractivity contribution in [2.24, 2.45) is 0 Å². The van der Waals surface area contributed by atoms with Gasteiger partial charge in [0.25, 0.3) is 0 Å². The van der Waals surface area contributed by atoms with E-state index in [4.69, 9.17) is 14.2 Å². The van der Waals surface area contributed by atoms with Crippen LogP contribution in [0.3, 0.4) is 0 Å². The lowest BCUT2D eigenvalue weighted by molar-refractivity contribution is 0.0176. The van der Waals surface area contributed by atoms with Gasteiger partial charge in [0, 0.05) is 25.0 Å². The number of ether oxygens (including phenoxy) is 3. The van der Waals surface area contributed by atoms with Crippen LogP contribution in [0, 0.1) is 0 Å². The lowest BCUT2D eigenvalue weighted by atomic mass is 10.3. The predicted octanol–water partition coefficient (Wildman–Crippen LogP) is 2.16. The molecular weight excluding hydrogens is 298 g/mol. The van der Waals surface area contributed by atoms with E-state index in [1.165, 1.54) is 6.42 Å². The van der Waals surface area contributed by atoms with Crippen LogP contribution >= 0.6 is 15.9 Å². The second-order valence-corrected chi connectivity index (χ2v) is 5.18. The molecular formula is C13H28BrNO3. The zero-order valence-corrected chi connectivity index (χ0v) is 13.6. The van der Waals surface area contributed by atoms with Crippen molar-refractivity contribution in [3.05, 3.63) is 0 Å². The van der Waals surface area contributed by atoms with Crippen molar-refractivity contribution < 1.29 is 14.2 Å². The Morgan fingerprint density at radius 3 is 2.11 bits per heavy atom. The van der Waals surface area contributed by atoms with Gasteiger partial charge in [-0.05, 0) is 26.8 Å². The van der Waals surface area contributed by atoms with E-state index < -0.39 is 0 Å². The van der Waals surface area contributed by atoms with Gasteiger partial charge in [-0.1, -0.05) is 15.9 Å². The second-order valence-electron chi connectivity index (χ2n) is 4.39. The topological polar surface area (TPSA) is 30.9 Å². The van der Waals surface area contributed by atoms with Crippen molar-refractivity contribution in [2.75, 3.05) is 58.6 Å². The Kier molecular flexibility index (Phi) is 14.0. The fourth-order valence-corrected chi connectivity index (χ4v) is 1.79. The van der Waals surface area contributed by atoms with Crippen LogP contribution in [0.4, 0.5) is 0 Å². The smallest absolute Gasteiger partial charge is 0.0701 e. The minimum atomic E-state index is 0.575. The number of alkyl halides is 1. The number of methoxy groups -OCH3 is 1. The molecule has 0 bridgehead atoms. The number of nitrogens with zero attached hydrogens (tertiary/aromatic N) is 1. The van der Waals surface area contributed by atoms with Crippen molar-refractivity contribution in [2.45, 2.75) is 26.3 Å². The highest BCUT2D eigenvalue weighted by Gasteiger charge is 2.07. The second kappa shape index (κ2) is 13.7. The van der Waals surface area contributed by atoms with E-state index in [0.717, 1.165) is 25.0 Å². The average molecular weight is 326 g/mol. The molecule has 18 heavy (non-hydrogen) atoms. The van der Waals surface area contributed by atoms with Crippen molar-refractivity contribution in [3.8, 4) is 0 Å². The van der Waals surface area contributed by atoms with Gasteiger partial charge in [0.15, 0.2) is 0 Å². The Morgan fingerprint density at radius 1 is 0.944 bits per heavy atom. The largest absolute Gasteiger partial charge is 0.382 e. The molecule has 0 aromatic heterocycles. The Labute approximate surface area is 120 Å². The van der Waals surface area contributed by atoms with Crippen molar-refractivity contribution >= 4 is 15.9 Å². The number of hydrogen-bond acceptors (Lipinski definition) is 4. The molecule has 0 saturated heterocycles.